The summed E-state index contributed by atoms with van der Waals surface area (Å²) < 4.78 is 0. The normalized spacial score (nSPS) is 40.3. The van der Waals surface area contributed by atoms with Crippen molar-refractivity contribution in [3.63, 3.8) is 0 Å². The first-order valence-electron chi connectivity index (χ1n) is 11.4. The first-order chi connectivity index (χ1) is 12.9. The molecule has 2 heteroatoms. The van der Waals surface area contributed by atoms with Gasteiger partial charge in [0.05, 0.1) is 6.10 Å². The van der Waals surface area contributed by atoms with Crippen LogP contribution in [0.1, 0.15) is 95.6 Å². The van der Waals surface area contributed by atoms with Crippen molar-refractivity contribution in [2.45, 2.75) is 97.0 Å². The molecule has 2 nitrogen and oxygen atoms in total. The van der Waals surface area contributed by atoms with E-state index in [2.05, 4.69) is 26.8 Å². The maximum absolute atomic E-state index is 10.9. The number of phenols is 1. The maximum Gasteiger partial charge on any atom is 0.115 e. The molecule has 0 spiro atoms. The van der Waals surface area contributed by atoms with Crippen LogP contribution in [-0.2, 0) is 6.42 Å². The zero-order chi connectivity index (χ0) is 19.2. The fourth-order valence-electron chi connectivity index (χ4n) is 7.57. The third kappa shape index (κ3) is 3.03. The molecule has 0 bridgehead atoms. The number of aliphatic hydroxyl groups excluding tert-OH is 1. The van der Waals surface area contributed by atoms with Crippen molar-refractivity contribution in [2.24, 2.45) is 22.7 Å². The van der Waals surface area contributed by atoms with Crippen LogP contribution in [0, 0.1) is 22.7 Å². The number of fused-ring (bicyclic) bond motifs is 5. The van der Waals surface area contributed by atoms with Crippen molar-refractivity contribution in [1.82, 2.24) is 0 Å². The topological polar surface area (TPSA) is 40.5 Å². The van der Waals surface area contributed by atoms with E-state index in [0.29, 0.717) is 23.5 Å². The van der Waals surface area contributed by atoms with E-state index in [9.17, 15) is 10.2 Å². The quantitative estimate of drug-likeness (QED) is 0.606. The van der Waals surface area contributed by atoms with Crippen LogP contribution in [-0.4, -0.2) is 16.3 Å². The molecule has 2 unspecified atom stereocenters. The minimum atomic E-state index is -0.125. The summed E-state index contributed by atoms with van der Waals surface area (Å²) in [6.07, 6.45) is 12.0. The van der Waals surface area contributed by atoms with Gasteiger partial charge >= 0.3 is 0 Å². The molecule has 0 heterocycles. The van der Waals surface area contributed by atoms with Gasteiger partial charge in [-0.15, -0.1) is 0 Å². The van der Waals surface area contributed by atoms with Gasteiger partial charge in [-0.05, 0) is 90.4 Å². The van der Waals surface area contributed by atoms with Crippen molar-refractivity contribution in [3.8, 4) is 5.75 Å². The van der Waals surface area contributed by atoms with Crippen LogP contribution in [0.5, 0.6) is 5.75 Å². The number of hydrogen-bond donors (Lipinski definition) is 2. The van der Waals surface area contributed by atoms with E-state index in [1.54, 1.807) is 0 Å². The lowest BCUT2D eigenvalue weighted by atomic mass is 9.44. The molecule has 0 amide bonds. The molecule has 2 fully saturated rings. The monoisotopic (exact) mass is 370 g/mol. The molecule has 0 saturated heterocycles. The molecule has 2 N–H and O–H groups in total. The Morgan fingerprint density at radius 2 is 1.89 bits per heavy atom. The summed E-state index contributed by atoms with van der Waals surface area (Å²) >= 11 is 0. The van der Waals surface area contributed by atoms with E-state index < -0.39 is 0 Å². The Kier molecular flexibility index (Phi) is 5.08. The lowest BCUT2D eigenvalue weighted by molar-refractivity contribution is -0.0948. The zero-order valence-electron chi connectivity index (χ0n) is 17.5. The molecule has 0 aliphatic heterocycles. The van der Waals surface area contributed by atoms with Crippen LogP contribution >= 0.6 is 0 Å². The summed E-state index contributed by atoms with van der Waals surface area (Å²) in [4.78, 5) is 0. The van der Waals surface area contributed by atoms with Crippen LogP contribution < -0.4 is 0 Å². The molecule has 0 radical (unpaired) electrons. The molecule has 3 aliphatic rings. The zero-order valence-corrected chi connectivity index (χ0v) is 17.5. The average molecular weight is 371 g/mol. The van der Waals surface area contributed by atoms with Crippen LogP contribution in [0.2, 0.25) is 0 Å². The van der Waals surface area contributed by atoms with Crippen molar-refractivity contribution in [1.29, 1.82) is 0 Å². The Hall–Kier alpha value is -1.02. The maximum atomic E-state index is 10.9. The van der Waals surface area contributed by atoms with Crippen molar-refractivity contribution < 1.29 is 10.2 Å². The van der Waals surface area contributed by atoms with Gasteiger partial charge in [-0.3, -0.25) is 0 Å². The van der Waals surface area contributed by atoms with E-state index in [-0.39, 0.29) is 16.9 Å². The van der Waals surface area contributed by atoms with Gasteiger partial charge in [-0.2, -0.15) is 0 Å². The second-order valence-corrected chi connectivity index (χ2v) is 10.3. The van der Waals surface area contributed by atoms with E-state index in [1.807, 2.05) is 12.1 Å². The van der Waals surface area contributed by atoms with Crippen LogP contribution in [0.3, 0.4) is 0 Å². The molecule has 3 aliphatic carbocycles. The molecule has 0 aromatic heterocycles. The molecule has 1 aromatic carbocycles. The van der Waals surface area contributed by atoms with E-state index >= 15 is 0 Å². The number of hydrogen-bond acceptors (Lipinski definition) is 2. The smallest absolute Gasteiger partial charge is 0.115 e. The van der Waals surface area contributed by atoms with Gasteiger partial charge in [-0.25, -0.2) is 0 Å². The van der Waals surface area contributed by atoms with E-state index in [1.165, 1.54) is 62.5 Å². The molecule has 1 aromatic rings. The minimum Gasteiger partial charge on any atom is -0.508 e. The Balaban J connectivity index is 1.71. The van der Waals surface area contributed by atoms with E-state index in [0.717, 1.165) is 12.8 Å². The predicted molar refractivity (Wildman–Crippen MR) is 111 cm³/mol. The summed E-state index contributed by atoms with van der Waals surface area (Å²) in [5.74, 6) is 2.28. The van der Waals surface area contributed by atoms with Gasteiger partial charge in [0.15, 0.2) is 0 Å². The van der Waals surface area contributed by atoms with Crippen molar-refractivity contribution >= 4 is 0 Å². The Bertz CT molecular complexity index is 683. The second kappa shape index (κ2) is 7.10. The number of aliphatic hydroxyl groups is 1. The van der Waals surface area contributed by atoms with E-state index in [4.69, 9.17) is 0 Å². The molecule has 2 saturated carbocycles. The van der Waals surface area contributed by atoms with Crippen LogP contribution in [0.15, 0.2) is 18.2 Å². The lowest BCUT2D eigenvalue weighted by Crippen LogP contribution is -2.53. The molecule has 150 valence electrons. The number of phenolic OH excluding ortho intramolecular Hbond substituents is 1. The highest BCUT2D eigenvalue weighted by molar-refractivity contribution is 5.42. The van der Waals surface area contributed by atoms with Crippen molar-refractivity contribution in [2.75, 3.05) is 0 Å². The van der Waals surface area contributed by atoms with Gasteiger partial charge in [-0.1, -0.05) is 52.5 Å². The third-order valence-corrected chi connectivity index (χ3v) is 8.79. The molecule has 6 atom stereocenters. The molecule has 4 rings (SSSR count). The second-order valence-electron chi connectivity index (χ2n) is 10.3. The SMILES string of the molecule is CCCCCC[C@H]1C[C@@]2(C)C(CC[C@@H]2O)[C@]2(C)CCc3cc(O)ccc3C12. The summed E-state index contributed by atoms with van der Waals surface area (Å²) in [5.41, 5.74) is 3.25. The average Bonchev–Trinajstić information content (AvgIpc) is 2.94. The summed E-state index contributed by atoms with van der Waals surface area (Å²) in [6, 6.07) is 6.14. The highest BCUT2D eigenvalue weighted by Gasteiger charge is 2.62. The number of aromatic hydroxyl groups is 1. The first-order valence-corrected chi connectivity index (χ1v) is 11.4. The fraction of sp³-hybridized carbons (Fsp3) is 0.760. The van der Waals surface area contributed by atoms with Gasteiger partial charge < -0.3 is 10.2 Å². The number of benzene rings is 1. The summed E-state index contributed by atoms with van der Waals surface area (Å²) in [6.45, 7) is 7.21. The van der Waals surface area contributed by atoms with Gasteiger partial charge in [0, 0.05) is 0 Å². The molecular weight excluding hydrogens is 332 g/mol. The first kappa shape index (κ1) is 19.3. The van der Waals surface area contributed by atoms with Crippen LogP contribution in [0.4, 0.5) is 0 Å². The van der Waals surface area contributed by atoms with Crippen molar-refractivity contribution in [3.05, 3.63) is 29.3 Å². The summed E-state index contributed by atoms with van der Waals surface area (Å²) in [7, 11) is 0. The van der Waals surface area contributed by atoms with Gasteiger partial charge in [0.2, 0.25) is 0 Å². The third-order valence-electron chi connectivity index (χ3n) is 8.79. The Morgan fingerprint density at radius 1 is 1.07 bits per heavy atom. The molecular formula is C25H38O2. The number of rotatable bonds is 5. The van der Waals surface area contributed by atoms with Gasteiger partial charge in [0.1, 0.15) is 5.75 Å². The minimum absolute atomic E-state index is 0.0924. The number of aryl methyl sites for hydroxylation is 1. The Morgan fingerprint density at radius 3 is 2.67 bits per heavy atom. The van der Waals surface area contributed by atoms with Gasteiger partial charge in [0.25, 0.3) is 0 Å². The molecule has 27 heavy (non-hydrogen) atoms. The highest BCUT2D eigenvalue weighted by atomic mass is 16.3. The van der Waals surface area contributed by atoms with Crippen LogP contribution in [0.25, 0.3) is 0 Å². The standard InChI is InChI=1S/C25H38O2/c1-4-5-6-7-8-18-16-25(3)21(11-12-22(25)27)24(2)14-13-17-15-19(26)9-10-20(17)23(18)24/h9-10,15,18,21-23,26-27H,4-8,11-14,16H2,1-3H3/t18-,21?,22-,23?,24-,25-/m0/s1. The summed E-state index contributed by atoms with van der Waals surface area (Å²) in [5, 5.41) is 20.9. The predicted octanol–water partition coefficient (Wildman–Crippen LogP) is 6.20. The lowest BCUT2D eigenvalue weighted by Gasteiger charge is -2.60. The largest absolute Gasteiger partial charge is 0.508 e. The Labute approximate surface area is 165 Å². The fourth-order valence-corrected chi connectivity index (χ4v) is 7.57. The number of unbranched alkanes of at least 4 members (excludes halogenated alkanes) is 3. The highest BCUT2D eigenvalue weighted by Crippen LogP contribution is 2.69.